The van der Waals surface area contributed by atoms with Crippen molar-refractivity contribution in [3.05, 3.63) is 35.9 Å². The van der Waals surface area contributed by atoms with E-state index in [0.717, 1.165) is 32.1 Å². The zero-order chi connectivity index (χ0) is 16.5. The summed E-state index contributed by atoms with van der Waals surface area (Å²) in [5, 5.41) is 3.19. The summed E-state index contributed by atoms with van der Waals surface area (Å²) >= 11 is 0. The molecule has 0 radical (unpaired) electrons. The van der Waals surface area contributed by atoms with E-state index in [-0.39, 0.29) is 24.0 Å². The van der Waals surface area contributed by atoms with Gasteiger partial charge in [0.1, 0.15) is 0 Å². The van der Waals surface area contributed by atoms with Gasteiger partial charge in [0.25, 0.3) is 0 Å². The molecule has 1 aromatic rings. The minimum absolute atomic E-state index is 0. The van der Waals surface area contributed by atoms with Gasteiger partial charge in [-0.1, -0.05) is 30.3 Å². The summed E-state index contributed by atoms with van der Waals surface area (Å²) in [6, 6.07) is 11.2. The van der Waals surface area contributed by atoms with Crippen LogP contribution in [-0.4, -0.2) is 68.6 Å². The highest BCUT2D eigenvalue weighted by Crippen LogP contribution is 2.13. The van der Waals surface area contributed by atoms with Crippen LogP contribution in [0.15, 0.2) is 35.3 Å². The fraction of sp³-hybridized carbons (Fsp3) is 0.611. The quantitative estimate of drug-likeness (QED) is 0.382. The lowest BCUT2D eigenvalue weighted by atomic mass is 10.0. The number of piperidine rings is 1. The third-order valence-electron chi connectivity index (χ3n) is 4.55. The Morgan fingerprint density at radius 2 is 1.92 bits per heavy atom. The number of nitrogens with one attached hydrogen (secondary N) is 1. The molecule has 0 bridgehead atoms. The molecule has 6 heteroatoms. The number of rotatable bonds is 7. The highest BCUT2D eigenvalue weighted by molar-refractivity contribution is 14.0. The van der Waals surface area contributed by atoms with Gasteiger partial charge in [0.05, 0.1) is 6.54 Å². The average Bonchev–Trinajstić information content (AvgIpc) is 2.56. The maximum Gasteiger partial charge on any atom is 0.188 e. The molecule has 0 aromatic heterocycles. The van der Waals surface area contributed by atoms with Gasteiger partial charge in [-0.05, 0) is 52.0 Å². The molecule has 1 aromatic carbocycles. The van der Waals surface area contributed by atoms with Crippen molar-refractivity contribution in [1.29, 1.82) is 0 Å². The van der Waals surface area contributed by atoms with Crippen LogP contribution in [0.3, 0.4) is 0 Å². The van der Waals surface area contributed by atoms with Crippen LogP contribution in [0.2, 0.25) is 0 Å². The van der Waals surface area contributed by atoms with E-state index in [0.29, 0.717) is 5.96 Å². The number of aliphatic imine (C=N–C) groups is 1. The van der Waals surface area contributed by atoms with Crippen LogP contribution >= 0.6 is 24.0 Å². The van der Waals surface area contributed by atoms with Crippen molar-refractivity contribution in [1.82, 2.24) is 15.1 Å². The van der Waals surface area contributed by atoms with Gasteiger partial charge >= 0.3 is 0 Å². The third kappa shape index (κ3) is 7.81. The first kappa shape index (κ1) is 21.2. The van der Waals surface area contributed by atoms with E-state index in [1.54, 1.807) is 0 Å². The van der Waals surface area contributed by atoms with E-state index in [9.17, 15) is 0 Å². The molecule has 2 rings (SSSR count). The highest BCUT2D eigenvalue weighted by Gasteiger charge is 2.19. The van der Waals surface area contributed by atoms with E-state index in [4.69, 9.17) is 5.73 Å². The standard InChI is InChI=1S/C18H31N5.HI/c1-22(2)17-9-13-23(14-10-17)15-12-21-18(19)20-11-8-16-6-4-3-5-7-16;/h3-7,17H,8-15H2,1-2H3,(H3,19,20,21);1H. The molecule has 0 amide bonds. The molecule has 0 atom stereocenters. The lowest BCUT2D eigenvalue weighted by Crippen LogP contribution is -2.43. The average molecular weight is 445 g/mol. The van der Waals surface area contributed by atoms with Gasteiger partial charge in [0.2, 0.25) is 0 Å². The number of hydrogen-bond acceptors (Lipinski definition) is 3. The summed E-state index contributed by atoms with van der Waals surface area (Å²) < 4.78 is 0. The van der Waals surface area contributed by atoms with Crippen LogP contribution in [0.1, 0.15) is 18.4 Å². The fourth-order valence-corrected chi connectivity index (χ4v) is 3.01. The van der Waals surface area contributed by atoms with Gasteiger partial charge in [0, 0.05) is 19.1 Å². The monoisotopic (exact) mass is 445 g/mol. The molecule has 0 spiro atoms. The van der Waals surface area contributed by atoms with E-state index < -0.39 is 0 Å². The SMILES string of the molecule is CN(C)C1CCN(CCN=C(N)NCCc2ccccc2)CC1.I. The Morgan fingerprint density at radius 1 is 1.25 bits per heavy atom. The topological polar surface area (TPSA) is 56.9 Å². The minimum Gasteiger partial charge on any atom is -0.370 e. The maximum atomic E-state index is 5.93. The Kier molecular flexibility index (Phi) is 10.3. The van der Waals surface area contributed by atoms with Crippen LogP contribution in [-0.2, 0) is 6.42 Å². The molecule has 0 saturated carbocycles. The summed E-state index contributed by atoms with van der Waals surface area (Å²) in [7, 11) is 4.35. The molecule has 3 N–H and O–H groups in total. The van der Waals surface area contributed by atoms with Gasteiger partial charge in [-0.25, -0.2) is 0 Å². The highest BCUT2D eigenvalue weighted by atomic mass is 127. The Labute approximate surface area is 163 Å². The summed E-state index contributed by atoms with van der Waals surface area (Å²) in [6.45, 7) is 4.94. The number of benzene rings is 1. The second-order valence-corrected chi connectivity index (χ2v) is 6.47. The normalized spacial score (nSPS) is 16.9. The predicted molar refractivity (Wildman–Crippen MR) is 113 cm³/mol. The molecule has 136 valence electrons. The van der Waals surface area contributed by atoms with E-state index in [1.807, 2.05) is 6.07 Å². The second-order valence-electron chi connectivity index (χ2n) is 6.47. The van der Waals surface area contributed by atoms with Gasteiger partial charge in [0.15, 0.2) is 5.96 Å². The molecule has 0 aliphatic carbocycles. The van der Waals surface area contributed by atoms with Gasteiger partial charge in [-0.15, -0.1) is 24.0 Å². The Bertz CT molecular complexity index is 470. The number of likely N-dealkylation sites (tertiary alicyclic amines) is 1. The van der Waals surface area contributed by atoms with Crippen molar-refractivity contribution in [2.45, 2.75) is 25.3 Å². The van der Waals surface area contributed by atoms with Crippen molar-refractivity contribution in [2.75, 3.05) is 46.8 Å². The van der Waals surface area contributed by atoms with Crippen molar-refractivity contribution >= 4 is 29.9 Å². The maximum absolute atomic E-state index is 5.93. The first-order valence-corrected chi connectivity index (χ1v) is 8.61. The van der Waals surface area contributed by atoms with Crippen LogP contribution in [0.5, 0.6) is 0 Å². The van der Waals surface area contributed by atoms with Gasteiger partial charge < -0.3 is 20.9 Å². The van der Waals surface area contributed by atoms with Crippen LogP contribution < -0.4 is 11.1 Å². The lowest BCUT2D eigenvalue weighted by molar-refractivity contribution is 0.148. The minimum atomic E-state index is 0. The Morgan fingerprint density at radius 3 is 2.54 bits per heavy atom. The largest absolute Gasteiger partial charge is 0.370 e. The Balaban J connectivity index is 0.00000288. The molecule has 1 aliphatic rings. The molecule has 5 nitrogen and oxygen atoms in total. The molecule has 1 fully saturated rings. The van der Waals surface area contributed by atoms with Crippen LogP contribution in [0.4, 0.5) is 0 Å². The molecule has 24 heavy (non-hydrogen) atoms. The van der Waals surface area contributed by atoms with Crippen LogP contribution in [0.25, 0.3) is 0 Å². The lowest BCUT2D eigenvalue weighted by Gasteiger charge is -2.34. The van der Waals surface area contributed by atoms with Crippen molar-refractivity contribution in [2.24, 2.45) is 10.7 Å². The summed E-state index contributed by atoms with van der Waals surface area (Å²) in [6.07, 6.45) is 3.47. The number of nitrogens with zero attached hydrogens (tertiary/aromatic N) is 3. The molecule has 1 aliphatic heterocycles. The third-order valence-corrected chi connectivity index (χ3v) is 4.55. The van der Waals surface area contributed by atoms with Gasteiger partial charge in [-0.2, -0.15) is 0 Å². The molecule has 1 saturated heterocycles. The number of guanidine groups is 1. The molecule has 1 heterocycles. The molecular weight excluding hydrogens is 413 g/mol. The predicted octanol–water partition coefficient (Wildman–Crippen LogP) is 1.78. The first-order valence-electron chi connectivity index (χ1n) is 8.61. The number of halogens is 1. The van der Waals surface area contributed by atoms with Gasteiger partial charge in [-0.3, -0.25) is 4.99 Å². The van der Waals surface area contributed by atoms with Crippen LogP contribution in [0, 0.1) is 0 Å². The molecule has 0 unspecified atom stereocenters. The summed E-state index contributed by atoms with van der Waals surface area (Å²) in [4.78, 5) is 9.26. The summed E-state index contributed by atoms with van der Waals surface area (Å²) in [5.41, 5.74) is 7.25. The Hall–Kier alpha value is -0.860. The van der Waals surface area contributed by atoms with Crippen molar-refractivity contribution in [3.63, 3.8) is 0 Å². The smallest absolute Gasteiger partial charge is 0.188 e. The van der Waals surface area contributed by atoms with Crippen molar-refractivity contribution < 1.29 is 0 Å². The van der Waals surface area contributed by atoms with E-state index in [1.165, 1.54) is 31.5 Å². The number of hydrogen-bond donors (Lipinski definition) is 2. The van der Waals surface area contributed by atoms with Crippen molar-refractivity contribution in [3.8, 4) is 0 Å². The number of nitrogens with two attached hydrogens (primary N) is 1. The fourth-order valence-electron chi connectivity index (χ4n) is 3.01. The molecular formula is C18H32IN5. The van der Waals surface area contributed by atoms with E-state index >= 15 is 0 Å². The summed E-state index contributed by atoms with van der Waals surface area (Å²) in [5.74, 6) is 0.559. The zero-order valence-corrected chi connectivity index (χ0v) is 17.3. The first-order chi connectivity index (χ1) is 11.1. The zero-order valence-electron chi connectivity index (χ0n) is 14.9. The van der Waals surface area contributed by atoms with E-state index in [2.05, 4.69) is 58.5 Å². The second kappa shape index (κ2) is 11.7.